The van der Waals surface area contributed by atoms with Gasteiger partial charge in [0.05, 0.1) is 13.3 Å². The van der Waals surface area contributed by atoms with Crippen LogP contribution in [0.5, 0.6) is 5.75 Å². The molecule has 7 heteroatoms. The van der Waals surface area contributed by atoms with Crippen LogP contribution in [0, 0.1) is 4.77 Å². The van der Waals surface area contributed by atoms with Crippen LogP contribution in [0.1, 0.15) is 11.1 Å². The first-order chi connectivity index (χ1) is 13.7. The first kappa shape index (κ1) is 18.5. The van der Waals surface area contributed by atoms with Crippen molar-refractivity contribution < 1.29 is 4.74 Å². The normalized spacial score (nSPS) is 11.3. The van der Waals surface area contributed by atoms with E-state index in [2.05, 4.69) is 39.6 Å². The van der Waals surface area contributed by atoms with Gasteiger partial charge in [-0.1, -0.05) is 60.3 Å². The maximum Gasteiger partial charge on any atom is 0.217 e. The molecule has 3 aromatic carbocycles. The third kappa shape index (κ3) is 4.16. The molecular formula is C21H18N4OS2. The molecule has 0 radical (unpaired) electrons. The molecule has 1 N–H and O–H groups in total. The minimum Gasteiger partial charge on any atom is -0.497 e. The van der Waals surface area contributed by atoms with Crippen LogP contribution in [0.4, 0.5) is 0 Å². The number of methoxy groups -OCH3 is 1. The standard InChI is InChI=1S/C21H18N4OS2/c1-26-19-10-9-17-11-16(7-8-18(17)12-19)13-22-25-20(27)23-24-21(25)28-14-15-5-3-2-4-6-15/h2-13H,14H2,1H3,(H,23,27)/b22-13-. The fourth-order valence-corrected chi connectivity index (χ4v) is 3.86. The number of ether oxygens (including phenoxy) is 1. The Morgan fingerprint density at radius 1 is 1.11 bits per heavy atom. The van der Waals surface area contributed by atoms with Gasteiger partial charge in [-0.05, 0) is 52.3 Å². The van der Waals surface area contributed by atoms with E-state index in [4.69, 9.17) is 17.0 Å². The second-order valence-electron chi connectivity index (χ2n) is 6.11. The number of rotatable bonds is 6. The molecule has 140 valence electrons. The highest BCUT2D eigenvalue weighted by Gasteiger charge is 2.06. The highest BCUT2D eigenvalue weighted by atomic mass is 32.2. The number of hydrogen-bond donors (Lipinski definition) is 1. The molecule has 4 aromatic rings. The molecule has 0 unspecified atom stereocenters. The van der Waals surface area contributed by atoms with E-state index in [0.717, 1.165) is 33.0 Å². The SMILES string of the molecule is COc1ccc2cc(/C=N\n3c(SCc4ccccc4)n[nH]c3=S)ccc2c1. The molecule has 0 atom stereocenters. The first-order valence-electron chi connectivity index (χ1n) is 8.69. The lowest BCUT2D eigenvalue weighted by Gasteiger charge is -2.04. The van der Waals surface area contributed by atoms with Crippen LogP contribution in [0.3, 0.4) is 0 Å². The van der Waals surface area contributed by atoms with Crippen molar-refractivity contribution in [2.45, 2.75) is 10.9 Å². The van der Waals surface area contributed by atoms with E-state index in [1.165, 1.54) is 5.56 Å². The Kier molecular flexibility index (Phi) is 5.55. The van der Waals surface area contributed by atoms with Crippen LogP contribution >= 0.6 is 24.0 Å². The van der Waals surface area contributed by atoms with Crippen molar-refractivity contribution in [1.82, 2.24) is 14.9 Å². The average Bonchev–Trinajstić information content (AvgIpc) is 3.10. The van der Waals surface area contributed by atoms with E-state index < -0.39 is 0 Å². The summed E-state index contributed by atoms with van der Waals surface area (Å²) in [6.45, 7) is 0. The van der Waals surface area contributed by atoms with Crippen LogP contribution in [-0.4, -0.2) is 28.2 Å². The van der Waals surface area contributed by atoms with E-state index in [1.54, 1.807) is 29.8 Å². The summed E-state index contributed by atoms with van der Waals surface area (Å²) in [5, 5.41) is 14.6. The van der Waals surface area contributed by atoms with E-state index in [0.29, 0.717) is 4.77 Å². The number of nitrogens with zero attached hydrogens (tertiary/aromatic N) is 3. The van der Waals surface area contributed by atoms with Gasteiger partial charge in [0.25, 0.3) is 0 Å². The summed E-state index contributed by atoms with van der Waals surface area (Å²) >= 11 is 6.92. The predicted molar refractivity (Wildman–Crippen MR) is 117 cm³/mol. The van der Waals surface area contributed by atoms with E-state index in [1.807, 2.05) is 42.5 Å². The maximum absolute atomic E-state index is 5.33. The number of hydrogen-bond acceptors (Lipinski definition) is 5. The Hall–Kier alpha value is -2.90. The van der Waals surface area contributed by atoms with Gasteiger partial charge in [-0.15, -0.1) is 5.10 Å². The highest BCUT2D eigenvalue weighted by molar-refractivity contribution is 7.98. The molecule has 0 fully saturated rings. The van der Waals surface area contributed by atoms with Crippen molar-refractivity contribution in [2.75, 3.05) is 7.11 Å². The predicted octanol–water partition coefficient (Wildman–Crippen LogP) is 5.28. The fraction of sp³-hybridized carbons (Fsp3) is 0.0952. The van der Waals surface area contributed by atoms with Gasteiger partial charge in [0, 0.05) is 5.75 Å². The zero-order chi connectivity index (χ0) is 19.3. The first-order valence-corrected chi connectivity index (χ1v) is 10.1. The van der Waals surface area contributed by atoms with Crippen molar-refractivity contribution >= 4 is 41.0 Å². The van der Waals surface area contributed by atoms with Gasteiger partial charge in [0.2, 0.25) is 9.93 Å². The molecule has 1 aromatic heterocycles. The molecule has 0 saturated carbocycles. The van der Waals surface area contributed by atoms with Crippen LogP contribution in [-0.2, 0) is 5.75 Å². The quantitative estimate of drug-likeness (QED) is 0.269. The molecule has 1 heterocycles. The summed E-state index contributed by atoms with van der Waals surface area (Å²) in [4.78, 5) is 0. The van der Waals surface area contributed by atoms with E-state index >= 15 is 0 Å². The van der Waals surface area contributed by atoms with Crippen molar-refractivity contribution in [3.8, 4) is 5.75 Å². The Bertz CT molecular complexity index is 1180. The summed E-state index contributed by atoms with van der Waals surface area (Å²) in [7, 11) is 1.67. The fourth-order valence-electron chi connectivity index (χ4n) is 2.77. The second kappa shape index (κ2) is 8.41. The van der Waals surface area contributed by atoms with Gasteiger partial charge < -0.3 is 4.74 Å². The second-order valence-corrected chi connectivity index (χ2v) is 7.44. The smallest absolute Gasteiger partial charge is 0.217 e. The van der Waals surface area contributed by atoms with Gasteiger partial charge in [-0.2, -0.15) is 9.78 Å². The van der Waals surface area contributed by atoms with Crippen LogP contribution in [0.2, 0.25) is 0 Å². The number of nitrogens with one attached hydrogen (secondary N) is 1. The highest BCUT2D eigenvalue weighted by Crippen LogP contribution is 2.22. The van der Waals surface area contributed by atoms with E-state index in [9.17, 15) is 0 Å². The summed E-state index contributed by atoms with van der Waals surface area (Å²) in [6, 6.07) is 22.4. The van der Waals surface area contributed by atoms with Crippen molar-refractivity contribution in [3.05, 3.63) is 82.6 Å². The largest absolute Gasteiger partial charge is 0.497 e. The zero-order valence-electron chi connectivity index (χ0n) is 15.2. The number of fused-ring (bicyclic) bond motifs is 1. The topological polar surface area (TPSA) is 55.2 Å². The minimum atomic E-state index is 0.470. The van der Waals surface area contributed by atoms with Crippen molar-refractivity contribution in [2.24, 2.45) is 5.10 Å². The summed E-state index contributed by atoms with van der Waals surface area (Å²) in [5.41, 5.74) is 2.21. The molecule has 0 bridgehead atoms. The molecule has 0 amide bonds. The molecule has 0 aliphatic rings. The third-order valence-electron chi connectivity index (χ3n) is 4.23. The molecule has 0 aliphatic heterocycles. The van der Waals surface area contributed by atoms with Gasteiger partial charge in [0.15, 0.2) is 0 Å². The molecule has 4 rings (SSSR count). The van der Waals surface area contributed by atoms with Gasteiger partial charge in [-0.25, -0.2) is 5.10 Å². The van der Waals surface area contributed by atoms with Crippen LogP contribution in [0.25, 0.3) is 10.8 Å². The van der Waals surface area contributed by atoms with Gasteiger partial charge in [0.1, 0.15) is 5.75 Å². The molecule has 0 saturated heterocycles. The zero-order valence-corrected chi connectivity index (χ0v) is 16.8. The number of H-pyrrole nitrogens is 1. The molecule has 5 nitrogen and oxygen atoms in total. The van der Waals surface area contributed by atoms with Crippen LogP contribution in [0.15, 0.2) is 77.0 Å². The maximum atomic E-state index is 5.33. The summed E-state index contributed by atoms with van der Waals surface area (Å²) in [6.07, 6.45) is 1.79. The minimum absolute atomic E-state index is 0.470. The molecule has 0 spiro atoms. The molecule has 28 heavy (non-hydrogen) atoms. The average molecular weight is 407 g/mol. The number of aromatic nitrogens is 3. The Balaban J connectivity index is 1.55. The number of thioether (sulfide) groups is 1. The Labute approximate surface area is 172 Å². The third-order valence-corrected chi connectivity index (χ3v) is 5.49. The van der Waals surface area contributed by atoms with Crippen molar-refractivity contribution in [3.63, 3.8) is 0 Å². The Morgan fingerprint density at radius 3 is 2.71 bits per heavy atom. The molecular weight excluding hydrogens is 388 g/mol. The van der Waals surface area contributed by atoms with Crippen LogP contribution < -0.4 is 4.74 Å². The monoisotopic (exact) mass is 406 g/mol. The number of benzene rings is 3. The molecule has 0 aliphatic carbocycles. The lowest BCUT2D eigenvalue weighted by molar-refractivity contribution is 0.415. The van der Waals surface area contributed by atoms with E-state index in [-0.39, 0.29) is 0 Å². The van der Waals surface area contributed by atoms with Gasteiger partial charge >= 0.3 is 0 Å². The lowest BCUT2D eigenvalue weighted by atomic mass is 10.1. The Morgan fingerprint density at radius 2 is 1.89 bits per heavy atom. The van der Waals surface area contributed by atoms with Crippen molar-refractivity contribution in [1.29, 1.82) is 0 Å². The number of aromatic amines is 1. The van der Waals surface area contributed by atoms with Gasteiger partial charge in [-0.3, -0.25) is 0 Å². The lowest BCUT2D eigenvalue weighted by Crippen LogP contribution is -1.94. The summed E-state index contributed by atoms with van der Waals surface area (Å²) in [5.74, 6) is 1.65. The summed E-state index contributed by atoms with van der Waals surface area (Å²) < 4.78 is 7.40.